The van der Waals surface area contributed by atoms with E-state index in [1.807, 2.05) is 13.0 Å². The number of esters is 2. The molecular weight excluding hydrogens is 156 g/mol. The summed E-state index contributed by atoms with van der Waals surface area (Å²) < 4.78 is 4.53. The lowest BCUT2D eigenvalue weighted by Gasteiger charge is -2.19. The van der Waals surface area contributed by atoms with E-state index >= 15 is 0 Å². The smallest absolute Gasteiger partial charge is 0.342 e. The van der Waals surface area contributed by atoms with E-state index < -0.39 is 5.97 Å². The molecule has 0 amide bonds. The number of carbonyl (C=O) groups is 2. The highest BCUT2D eigenvalue weighted by molar-refractivity contribution is 6.07. The fourth-order valence-electron chi connectivity index (χ4n) is 1.89. The molecule has 0 bridgehead atoms. The van der Waals surface area contributed by atoms with Crippen molar-refractivity contribution in [3.8, 4) is 0 Å². The van der Waals surface area contributed by atoms with E-state index in [9.17, 15) is 9.59 Å². The van der Waals surface area contributed by atoms with Crippen LogP contribution in [0.3, 0.4) is 0 Å². The zero-order chi connectivity index (χ0) is 8.72. The number of hydrogen-bond acceptors (Lipinski definition) is 3. The predicted molar refractivity (Wildman–Crippen MR) is 41.1 cm³/mol. The van der Waals surface area contributed by atoms with Crippen LogP contribution in [-0.4, -0.2) is 11.9 Å². The monoisotopic (exact) mass is 166 g/mol. The van der Waals surface area contributed by atoms with Crippen molar-refractivity contribution in [2.45, 2.75) is 19.8 Å². The molecule has 1 aliphatic carbocycles. The van der Waals surface area contributed by atoms with E-state index in [0.717, 1.165) is 12.8 Å². The van der Waals surface area contributed by atoms with Crippen LogP contribution in [0.1, 0.15) is 19.8 Å². The molecule has 3 heteroatoms. The molecule has 0 N–H and O–H groups in total. The first-order chi connectivity index (χ1) is 5.70. The van der Waals surface area contributed by atoms with E-state index in [0.29, 0.717) is 5.57 Å². The minimum Gasteiger partial charge on any atom is -0.389 e. The van der Waals surface area contributed by atoms with Gasteiger partial charge < -0.3 is 4.74 Å². The van der Waals surface area contributed by atoms with Gasteiger partial charge in [-0.15, -0.1) is 0 Å². The van der Waals surface area contributed by atoms with Crippen molar-refractivity contribution in [3.63, 3.8) is 0 Å². The second-order valence-electron chi connectivity index (χ2n) is 3.40. The summed E-state index contributed by atoms with van der Waals surface area (Å²) in [7, 11) is 0. The maximum Gasteiger partial charge on any atom is 0.342 e. The summed E-state index contributed by atoms with van der Waals surface area (Å²) in [5.74, 6) is -0.815. The third kappa shape index (κ3) is 0.891. The molecular formula is C9H10O3. The Hall–Kier alpha value is -1.12. The van der Waals surface area contributed by atoms with Crippen LogP contribution >= 0.6 is 0 Å². The lowest BCUT2D eigenvalue weighted by Crippen LogP contribution is -2.21. The molecule has 0 aromatic carbocycles. The fraction of sp³-hybridized carbons (Fsp3) is 0.556. The summed E-state index contributed by atoms with van der Waals surface area (Å²) in [6.07, 6.45) is 3.68. The number of ether oxygens (including phenoxy) is 1. The van der Waals surface area contributed by atoms with Crippen molar-refractivity contribution in [3.05, 3.63) is 11.6 Å². The Balaban J connectivity index is 2.39. The molecule has 1 saturated heterocycles. The standard InChI is InChI=1S/C9H10O3/c1-5-3-2-4-6-7(5)9(11)12-8(6)10/h4-5,7H,2-3H2,1H3/t5-,7-/m1/s1. The number of allylic oxidation sites excluding steroid dienone is 1. The maximum atomic E-state index is 11.1. The Morgan fingerprint density at radius 2 is 2.25 bits per heavy atom. The van der Waals surface area contributed by atoms with Crippen molar-refractivity contribution in [2.75, 3.05) is 0 Å². The Labute approximate surface area is 70.4 Å². The molecule has 3 nitrogen and oxygen atoms in total. The third-order valence-electron chi connectivity index (χ3n) is 2.57. The maximum absolute atomic E-state index is 11.1. The van der Waals surface area contributed by atoms with E-state index in [2.05, 4.69) is 4.74 Å². The number of rotatable bonds is 0. The lowest BCUT2D eigenvalue weighted by atomic mass is 9.81. The first-order valence-corrected chi connectivity index (χ1v) is 4.16. The van der Waals surface area contributed by atoms with E-state index in [-0.39, 0.29) is 17.8 Å². The molecule has 2 atom stereocenters. The van der Waals surface area contributed by atoms with Crippen molar-refractivity contribution in [1.82, 2.24) is 0 Å². The Kier molecular flexibility index (Phi) is 1.53. The molecule has 0 spiro atoms. The second kappa shape index (κ2) is 2.44. The summed E-state index contributed by atoms with van der Waals surface area (Å²) >= 11 is 0. The van der Waals surface area contributed by atoms with Gasteiger partial charge in [-0.3, -0.25) is 4.79 Å². The van der Waals surface area contributed by atoms with Crippen LogP contribution in [0.25, 0.3) is 0 Å². The lowest BCUT2D eigenvalue weighted by molar-refractivity contribution is -0.153. The molecule has 0 unspecified atom stereocenters. The summed E-state index contributed by atoms with van der Waals surface area (Å²) in [6.45, 7) is 1.98. The first kappa shape index (κ1) is 7.53. The Bertz CT molecular complexity index is 277. The van der Waals surface area contributed by atoms with Crippen molar-refractivity contribution in [2.24, 2.45) is 11.8 Å². The zero-order valence-corrected chi connectivity index (χ0v) is 6.87. The van der Waals surface area contributed by atoms with Gasteiger partial charge >= 0.3 is 11.9 Å². The minimum absolute atomic E-state index is 0.254. The summed E-state index contributed by atoms with van der Waals surface area (Å²) in [5, 5.41) is 0. The molecule has 0 radical (unpaired) electrons. The van der Waals surface area contributed by atoms with Gasteiger partial charge in [-0.05, 0) is 18.8 Å². The zero-order valence-electron chi connectivity index (χ0n) is 6.87. The highest BCUT2D eigenvalue weighted by atomic mass is 16.6. The predicted octanol–water partition coefficient (Wildman–Crippen LogP) is 1.04. The third-order valence-corrected chi connectivity index (χ3v) is 2.57. The number of carbonyl (C=O) groups excluding carboxylic acids is 2. The van der Waals surface area contributed by atoms with Crippen molar-refractivity contribution >= 4 is 11.9 Å². The summed E-state index contributed by atoms with van der Waals surface area (Å²) in [5.41, 5.74) is 0.582. The van der Waals surface area contributed by atoms with E-state index in [1.54, 1.807) is 0 Å². The van der Waals surface area contributed by atoms with Gasteiger partial charge in [0.15, 0.2) is 0 Å². The average Bonchev–Trinajstić information content (AvgIpc) is 2.29. The van der Waals surface area contributed by atoms with Gasteiger partial charge in [-0.1, -0.05) is 13.0 Å². The van der Waals surface area contributed by atoms with Gasteiger partial charge in [0.1, 0.15) is 0 Å². The average molecular weight is 166 g/mol. The van der Waals surface area contributed by atoms with Crippen LogP contribution in [0.5, 0.6) is 0 Å². The number of fused-ring (bicyclic) bond motifs is 1. The molecule has 2 aliphatic rings. The SMILES string of the molecule is C[C@@H]1CCC=C2C(=O)OC(=O)[C@@H]21. The largest absolute Gasteiger partial charge is 0.389 e. The molecule has 0 aromatic heterocycles. The molecule has 0 aromatic rings. The molecule has 1 heterocycles. The van der Waals surface area contributed by atoms with Crippen molar-refractivity contribution in [1.29, 1.82) is 0 Å². The van der Waals surface area contributed by atoms with E-state index in [1.165, 1.54) is 0 Å². The molecule has 64 valence electrons. The second-order valence-corrected chi connectivity index (χ2v) is 3.40. The quantitative estimate of drug-likeness (QED) is 0.399. The summed E-state index contributed by atoms with van der Waals surface area (Å²) in [6, 6.07) is 0. The Morgan fingerprint density at radius 3 is 2.92 bits per heavy atom. The molecule has 12 heavy (non-hydrogen) atoms. The van der Waals surface area contributed by atoms with Gasteiger partial charge in [-0.25, -0.2) is 4.79 Å². The van der Waals surface area contributed by atoms with Crippen LogP contribution < -0.4 is 0 Å². The number of cyclic esters (lactones) is 2. The van der Waals surface area contributed by atoms with Gasteiger partial charge in [0.05, 0.1) is 5.92 Å². The van der Waals surface area contributed by atoms with Crippen LogP contribution in [-0.2, 0) is 14.3 Å². The van der Waals surface area contributed by atoms with Gasteiger partial charge in [0.25, 0.3) is 0 Å². The topological polar surface area (TPSA) is 43.4 Å². The van der Waals surface area contributed by atoms with Gasteiger partial charge in [-0.2, -0.15) is 0 Å². The first-order valence-electron chi connectivity index (χ1n) is 4.16. The summed E-state index contributed by atoms with van der Waals surface area (Å²) in [4.78, 5) is 22.2. The molecule has 0 saturated carbocycles. The van der Waals surface area contributed by atoms with Crippen LogP contribution in [0, 0.1) is 11.8 Å². The molecule has 2 rings (SSSR count). The minimum atomic E-state index is -0.434. The van der Waals surface area contributed by atoms with Crippen molar-refractivity contribution < 1.29 is 14.3 Å². The van der Waals surface area contributed by atoms with Crippen LogP contribution in [0.4, 0.5) is 0 Å². The van der Waals surface area contributed by atoms with Crippen LogP contribution in [0.2, 0.25) is 0 Å². The van der Waals surface area contributed by atoms with Gasteiger partial charge in [0, 0.05) is 5.57 Å². The highest BCUT2D eigenvalue weighted by Crippen LogP contribution is 2.36. The molecule has 1 fully saturated rings. The fourth-order valence-corrected chi connectivity index (χ4v) is 1.89. The van der Waals surface area contributed by atoms with Crippen LogP contribution in [0.15, 0.2) is 11.6 Å². The number of hydrogen-bond donors (Lipinski definition) is 0. The molecule has 1 aliphatic heterocycles. The highest BCUT2D eigenvalue weighted by Gasteiger charge is 2.43. The Morgan fingerprint density at radius 1 is 1.50 bits per heavy atom. The normalized spacial score (nSPS) is 34.2. The van der Waals surface area contributed by atoms with E-state index in [4.69, 9.17) is 0 Å². The van der Waals surface area contributed by atoms with Gasteiger partial charge in [0.2, 0.25) is 0 Å².